The van der Waals surface area contributed by atoms with Gasteiger partial charge in [-0.15, -0.1) is 0 Å². The van der Waals surface area contributed by atoms with Crippen LogP contribution in [0.15, 0.2) is 24.3 Å². The van der Waals surface area contributed by atoms with Crippen molar-refractivity contribution in [3.63, 3.8) is 0 Å². The highest BCUT2D eigenvalue weighted by molar-refractivity contribution is 5.47. The van der Waals surface area contributed by atoms with Gasteiger partial charge in [-0.05, 0) is 31.5 Å². The average molecular weight is 260 g/mol. The molecule has 5 heteroatoms. The van der Waals surface area contributed by atoms with Crippen LogP contribution in [-0.2, 0) is 6.54 Å². The van der Waals surface area contributed by atoms with E-state index < -0.39 is 12.7 Å². The van der Waals surface area contributed by atoms with Gasteiger partial charge < -0.3 is 10.2 Å². The second-order valence-corrected chi connectivity index (χ2v) is 4.06. The molecule has 1 N–H and O–H groups in total. The molecule has 102 valence electrons. The molecule has 0 atom stereocenters. The summed E-state index contributed by atoms with van der Waals surface area (Å²) in [6, 6.07) is 7.60. The summed E-state index contributed by atoms with van der Waals surface area (Å²) in [5.41, 5.74) is 1.95. The fourth-order valence-corrected chi connectivity index (χ4v) is 1.76. The molecule has 0 radical (unpaired) electrons. The van der Waals surface area contributed by atoms with Gasteiger partial charge in [0, 0.05) is 25.3 Å². The molecule has 0 saturated heterocycles. The summed E-state index contributed by atoms with van der Waals surface area (Å²) in [6.45, 7) is 5.26. The Morgan fingerprint density at radius 2 is 1.61 bits per heavy atom. The number of hydrogen-bond acceptors (Lipinski definition) is 2. The Balaban J connectivity index is 2.50. The SMILES string of the molecule is CCN(CC)c1ccc(CNCC(F)(F)F)cc1. The Morgan fingerprint density at radius 1 is 1.06 bits per heavy atom. The van der Waals surface area contributed by atoms with Crippen LogP contribution in [-0.4, -0.2) is 25.8 Å². The van der Waals surface area contributed by atoms with Gasteiger partial charge in [0.1, 0.15) is 0 Å². The van der Waals surface area contributed by atoms with Gasteiger partial charge in [-0.25, -0.2) is 0 Å². The number of nitrogens with one attached hydrogen (secondary N) is 1. The lowest BCUT2D eigenvalue weighted by Gasteiger charge is -2.21. The maximum absolute atomic E-state index is 12.0. The number of nitrogens with zero attached hydrogens (tertiary/aromatic N) is 1. The van der Waals surface area contributed by atoms with Crippen molar-refractivity contribution in [3.05, 3.63) is 29.8 Å². The second kappa shape index (κ2) is 6.64. The van der Waals surface area contributed by atoms with Crippen molar-refractivity contribution >= 4 is 5.69 Å². The molecule has 1 aromatic rings. The maximum Gasteiger partial charge on any atom is 0.401 e. The van der Waals surface area contributed by atoms with E-state index in [2.05, 4.69) is 24.1 Å². The Morgan fingerprint density at radius 3 is 2.06 bits per heavy atom. The van der Waals surface area contributed by atoms with Crippen molar-refractivity contribution in [2.45, 2.75) is 26.6 Å². The summed E-state index contributed by atoms with van der Waals surface area (Å²) in [4.78, 5) is 2.19. The molecule has 1 aromatic carbocycles. The molecular formula is C13H19F3N2. The van der Waals surface area contributed by atoms with Gasteiger partial charge in [0.25, 0.3) is 0 Å². The van der Waals surface area contributed by atoms with E-state index in [4.69, 9.17) is 0 Å². The van der Waals surface area contributed by atoms with Crippen molar-refractivity contribution in [2.75, 3.05) is 24.5 Å². The Labute approximate surface area is 106 Å². The normalized spacial score (nSPS) is 11.6. The number of halogens is 3. The molecule has 2 nitrogen and oxygen atoms in total. The summed E-state index contributed by atoms with van der Waals surface area (Å²) in [5.74, 6) is 0. The number of alkyl halides is 3. The summed E-state index contributed by atoms with van der Waals surface area (Å²) < 4.78 is 35.9. The highest BCUT2D eigenvalue weighted by Gasteiger charge is 2.25. The van der Waals surface area contributed by atoms with Crippen molar-refractivity contribution in [1.82, 2.24) is 5.32 Å². The van der Waals surface area contributed by atoms with E-state index in [1.54, 1.807) is 0 Å². The fraction of sp³-hybridized carbons (Fsp3) is 0.538. The predicted molar refractivity (Wildman–Crippen MR) is 67.8 cm³/mol. The topological polar surface area (TPSA) is 15.3 Å². The molecule has 0 spiro atoms. The highest BCUT2D eigenvalue weighted by atomic mass is 19.4. The van der Waals surface area contributed by atoms with E-state index in [1.807, 2.05) is 24.3 Å². The Kier molecular flexibility index (Phi) is 5.47. The van der Waals surface area contributed by atoms with Crippen molar-refractivity contribution in [1.29, 1.82) is 0 Å². The third kappa shape index (κ3) is 4.96. The molecule has 0 saturated carbocycles. The molecule has 0 bridgehead atoms. The van der Waals surface area contributed by atoms with E-state index in [1.165, 1.54) is 0 Å². The zero-order valence-electron chi connectivity index (χ0n) is 10.7. The van der Waals surface area contributed by atoms with Gasteiger partial charge in [0.05, 0.1) is 6.54 Å². The van der Waals surface area contributed by atoms with Crippen LogP contribution in [0, 0.1) is 0 Å². The number of hydrogen-bond donors (Lipinski definition) is 1. The average Bonchev–Trinajstić information content (AvgIpc) is 2.31. The monoisotopic (exact) mass is 260 g/mol. The number of anilines is 1. The Bertz CT molecular complexity index is 342. The smallest absolute Gasteiger partial charge is 0.372 e. The van der Waals surface area contributed by atoms with Gasteiger partial charge in [-0.3, -0.25) is 0 Å². The van der Waals surface area contributed by atoms with Crippen molar-refractivity contribution in [3.8, 4) is 0 Å². The first kappa shape index (κ1) is 14.8. The van der Waals surface area contributed by atoms with E-state index in [9.17, 15) is 13.2 Å². The van der Waals surface area contributed by atoms with Crippen LogP contribution in [0.1, 0.15) is 19.4 Å². The third-order valence-electron chi connectivity index (χ3n) is 2.72. The molecule has 0 amide bonds. The molecule has 0 aromatic heterocycles. The molecule has 18 heavy (non-hydrogen) atoms. The zero-order valence-corrected chi connectivity index (χ0v) is 10.7. The first-order valence-corrected chi connectivity index (χ1v) is 6.07. The van der Waals surface area contributed by atoms with Crippen molar-refractivity contribution in [2.24, 2.45) is 0 Å². The van der Waals surface area contributed by atoms with Gasteiger partial charge in [0.2, 0.25) is 0 Å². The van der Waals surface area contributed by atoms with Crippen molar-refractivity contribution < 1.29 is 13.2 Å². The lowest BCUT2D eigenvalue weighted by molar-refractivity contribution is -0.125. The van der Waals surface area contributed by atoms with Crippen LogP contribution >= 0.6 is 0 Å². The lowest BCUT2D eigenvalue weighted by Crippen LogP contribution is -2.28. The molecule has 0 unspecified atom stereocenters. The summed E-state index contributed by atoms with van der Waals surface area (Å²) in [6.07, 6.45) is -4.15. The molecule has 0 heterocycles. The van der Waals surface area contributed by atoms with Crippen LogP contribution in [0.2, 0.25) is 0 Å². The van der Waals surface area contributed by atoms with Gasteiger partial charge >= 0.3 is 6.18 Å². The molecule has 1 rings (SSSR count). The van der Waals surface area contributed by atoms with Gasteiger partial charge in [-0.1, -0.05) is 12.1 Å². The van der Waals surface area contributed by atoms with E-state index in [0.717, 1.165) is 24.3 Å². The van der Waals surface area contributed by atoms with Crippen LogP contribution in [0.3, 0.4) is 0 Å². The third-order valence-corrected chi connectivity index (χ3v) is 2.72. The van der Waals surface area contributed by atoms with Gasteiger partial charge in [-0.2, -0.15) is 13.2 Å². The second-order valence-electron chi connectivity index (χ2n) is 4.06. The molecule has 0 aliphatic carbocycles. The van der Waals surface area contributed by atoms with Crippen LogP contribution in [0.25, 0.3) is 0 Å². The summed E-state index contributed by atoms with van der Waals surface area (Å²) in [5, 5.41) is 2.38. The quantitative estimate of drug-likeness (QED) is 0.845. The highest BCUT2D eigenvalue weighted by Crippen LogP contribution is 2.16. The standard InChI is InChI=1S/C13H19F3N2/c1-3-18(4-2)12-7-5-11(6-8-12)9-17-10-13(14,15)16/h5-8,17H,3-4,9-10H2,1-2H3. The number of benzene rings is 1. The fourth-order valence-electron chi connectivity index (χ4n) is 1.76. The predicted octanol–water partition coefficient (Wildman–Crippen LogP) is 3.18. The molecular weight excluding hydrogens is 241 g/mol. The summed E-state index contributed by atoms with van der Waals surface area (Å²) >= 11 is 0. The van der Waals surface area contributed by atoms with Crippen LogP contribution < -0.4 is 10.2 Å². The van der Waals surface area contributed by atoms with Crippen LogP contribution in [0.4, 0.5) is 18.9 Å². The first-order chi connectivity index (χ1) is 8.46. The van der Waals surface area contributed by atoms with E-state index in [0.29, 0.717) is 0 Å². The largest absolute Gasteiger partial charge is 0.401 e. The molecule has 0 fully saturated rings. The molecule has 0 aliphatic rings. The van der Waals surface area contributed by atoms with Gasteiger partial charge in [0.15, 0.2) is 0 Å². The van der Waals surface area contributed by atoms with Crippen LogP contribution in [0.5, 0.6) is 0 Å². The minimum Gasteiger partial charge on any atom is -0.372 e. The minimum absolute atomic E-state index is 0.234. The number of rotatable bonds is 6. The molecule has 0 aliphatic heterocycles. The maximum atomic E-state index is 12.0. The van der Waals surface area contributed by atoms with E-state index in [-0.39, 0.29) is 6.54 Å². The minimum atomic E-state index is -4.15. The van der Waals surface area contributed by atoms with E-state index >= 15 is 0 Å². The Hall–Kier alpha value is -1.23. The summed E-state index contributed by atoms with van der Waals surface area (Å²) in [7, 11) is 0. The zero-order chi connectivity index (χ0) is 13.6. The first-order valence-electron chi connectivity index (χ1n) is 6.07. The lowest BCUT2D eigenvalue weighted by atomic mass is 10.2.